The summed E-state index contributed by atoms with van der Waals surface area (Å²) in [6, 6.07) is 14.4. The lowest BCUT2D eigenvalue weighted by Crippen LogP contribution is -1.98. The average Bonchev–Trinajstić information content (AvgIpc) is 3.15. The predicted octanol–water partition coefficient (Wildman–Crippen LogP) is 6.39. The number of benzene rings is 2. The van der Waals surface area contributed by atoms with Gasteiger partial charge in [0.25, 0.3) is 0 Å². The number of aromatic nitrogens is 2. The molecule has 0 radical (unpaired) electrons. The smallest absolute Gasteiger partial charge is 0.143 e. The van der Waals surface area contributed by atoms with E-state index < -0.39 is 10.8 Å². The molecule has 2 aromatic carbocycles. The van der Waals surface area contributed by atoms with Crippen LogP contribution in [-0.4, -0.2) is 26.5 Å². The predicted molar refractivity (Wildman–Crippen MR) is 126 cm³/mol. The first-order chi connectivity index (χ1) is 14.6. The molecule has 5 heteroatoms. The van der Waals surface area contributed by atoms with E-state index in [4.69, 9.17) is 4.74 Å². The number of rotatable bonds is 8. The Labute approximate surface area is 180 Å². The van der Waals surface area contributed by atoms with Crippen molar-refractivity contribution in [2.75, 3.05) is 12.4 Å². The van der Waals surface area contributed by atoms with Crippen molar-refractivity contribution < 1.29 is 8.95 Å². The Morgan fingerprint density at radius 1 is 1.10 bits per heavy atom. The van der Waals surface area contributed by atoms with Gasteiger partial charge in [-0.15, -0.1) is 0 Å². The highest BCUT2D eigenvalue weighted by atomic mass is 32.2. The maximum absolute atomic E-state index is 12.4. The molecule has 2 heterocycles. The Kier molecular flexibility index (Phi) is 6.18. The highest BCUT2D eigenvalue weighted by Crippen LogP contribution is 2.39. The molecule has 1 N–H and O–H groups in total. The number of hydrogen-bond donors (Lipinski definition) is 1. The molecule has 156 valence electrons. The van der Waals surface area contributed by atoms with Crippen LogP contribution in [0.5, 0.6) is 5.75 Å². The molecule has 0 spiro atoms. The molecular formula is C25H28N2O2S. The molecule has 0 bridgehead atoms. The minimum atomic E-state index is -0.985. The van der Waals surface area contributed by atoms with E-state index >= 15 is 0 Å². The van der Waals surface area contributed by atoms with Gasteiger partial charge in [0.2, 0.25) is 0 Å². The van der Waals surface area contributed by atoms with E-state index in [0.29, 0.717) is 12.4 Å². The molecule has 0 aliphatic carbocycles. The van der Waals surface area contributed by atoms with Crippen LogP contribution in [0.2, 0.25) is 0 Å². The van der Waals surface area contributed by atoms with Crippen molar-refractivity contribution in [1.29, 1.82) is 0 Å². The van der Waals surface area contributed by atoms with Gasteiger partial charge >= 0.3 is 0 Å². The van der Waals surface area contributed by atoms with Crippen LogP contribution >= 0.6 is 0 Å². The van der Waals surface area contributed by atoms with Crippen LogP contribution < -0.4 is 4.74 Å². The zero-order chi connectivity index (χ0) is 21.1. The number of fused-ring (bicyclic) bond motifs is 3. The summed E-state index contributed by atoms with van der Waals surface area (Å²) in [6.07, 6.45) is 5.26. The SMILES string of the molecule is CCCCCOc1ccc(-c2cccc(S(=O)CC)c2)c2c1[nH]c1ncc(C)cc12. The summed E-state index contributed by atoms with van der Waals surface area (Å²) in [7, 11) is -0.985. The minimum absolute atomic E-state index is 0.611. The van der Waals surface area contributed by atoms with Gasteiger partial charge in [0.15, 0.2) is 0 Å². The number of nitrogens with one attached hydrogen (secondary N) is 1. The highest BCUT2D eigenvalue weighted by molar-refractivity contribution is 7.85. The lowest BCUT2D eigenvalue weighted by atomic mass is 9.99. The van der Waals surface area contributed by atoms with Gasteiger partial charge in [-0.25, -0.2) is 4.98 Å². The zero-order valence-electron chi connectivity index (χ0n) is 17.8. The Hall–Kier alpha value is -2.66. The molecule has 0 aliphatic rings. The van der Waals surface area contributed by atoms with Gasteiger partial charge in [-0.2, -0.15) is 0 Å². The quantitative estimate of drug-likeness (QED) is 0.336. The molecular weight excluding hydrogens is 392 g/mol. The second-order valence-electron chi connectivity index (χ2n) is 7.61. The molecule has 0 fully saturated rings. The lowest BCUT2D eigenvalue weighted by molar-refractivity contribution is 0.309. The summed E-state index contributed by atoms with van der Waals surface area (Å²) >= 11 is 0. The van der Waals surface area contributed by atoms with Crippen LogP contribution in [-0.2, 0) is 10.8 Å². The summed E-state index contributed by atoms with van der Waals surface area (Å²) < 4.78 is 18.5. The number of ether oxygens (including phenoxy) is 1. The van der Waals surface area contributed by atoms with Crippen LogP contribution in [0.25, 0.3) is 33.1 Å². The fourth-order valence-corrected chi connectivity index (χ4v) is 4.65. The van der Waals surface area contributed by atoms with Crippen molar-refractivity contribution in [2.24, 2.45) is 0 Å². The number of unbranched alkanes of at least 4 members (excludes halogenated alkanes) is 2. The van der Waals surface area contributed by atoms with E-state index in [9.17, 15) is 4.21 Å². The van der Waals surface area contributed by atoms with Gasteiger partial charge in [-0.05, 0) is 60.4 Å². The van der Waals surface area contributed by atoms with E-state index in [0.717, 1.165) is 62.1 Å². The topological polar surface area (TPSA) is 55.0 Å². The van der Waals surface area contributed by atoms with E-state index in [1.807, 2.05) is 37.4 Å². The summed E-state index contributed by atoms with van der Waals surface area (Å²) in [5.74, 6) is 1.47. The van der Waals surface area contributed by atoms with Gasteiger partial charge in [-0.1, -0.05) is 38.8 Å². The second-order valence-corrected chi connectivity index (χ2v) is 9.35. The fourth-order valence-electron chi connectivity index (χ4n) is 3.83. The summed E-state index contributed by atoms with van der Waals surface area (Å²) in [6.45, 7) is 6.90. The Balaban J connectivity index is 1.89. The molecule has 0 saturated carbocycles. The molecule has 0 saturated heterocycles. The third-order valence-electron chi connectivity index (χ3n) is 5.38. The van der Waals surface area contributed by atoms with Crippen molar-refractivity contribution in [3.8, 4) is 16.9 Å². The van der Waals surface area contributed by atoms with Crippen molar-refractivity contribution in [3.05, 3.63) is 54.2 Å². The Bertz CT molecular complexity index is 1210. The van der Waals surface area contributed by atoms with Gasteiger partial charge in [0.1, 0.15) is 11.4 Å². The standard InChI is InChI=1S/C25H28N2O2S/c1-4-6-7-13-29-22-12-11-20(18-9-8-10-19(15-18)30(28)5-2)23-21-14-17(3)16-26-25(21)27-24(22)23/h8-12,14-16H,4-7,13H2,1-3H3,(H,26,27). The molecule has 0 amide bonds. The van der Waals surface area contributed by atoms with Crippen molar-refractivity contribution in [2.45, 2.75) is 44.9 Å². The fraction of sp³-hybridized carbons (Fsp3) is 0.320. The third-order valence-corrected chi connectivity index (χ3v) is 6.68. The number of aryl methyl sites for hydroxylation is 1. The van der Waals surface area contributed by atoms with Crippen LogP contribution in [0, 0.1) is 6.92 Å². The summed E-state index contributed by atoms with van der Waals surface area (Å²) in [4.78, 5) is 8.94. The number of hydrogen-bond acceptors (Lipinski definition) is 3. The van der Waals surface area contributed by atoms with Gasteiger partial charge in [0.05, 0.1) is 22.9 Å². The number of H-pyrrole nitrogens is 1. The van der Waals surface area contributed by atoms with Crippen LogP contribution in [0.1, 0.15) is 38.7 Å². The number of pyridine rings is 1. The maximum atomic E-state index is 12.4. The largest absolute Gasteiger partial charge is 0.491 e. The monoisotopic (exact) mass is 420 g/mol. The molecule has 2 aromatic heterocycles. The Morgan fingerprint density at radius 3 is 2.77 bits per heavy atom. The molecule has 1 atom stereocenters. The van der Waals surface area contributed by atoms with Crippen LogP contribution in [0.15, 0.2) is 53.6 Å². The van der Waals surface area contributed by atoms with Crippen LogP contribution in [0.4, 0.5) is 0 Å². The zero-order valence-corrected chi connectivity index (χ0v) is 18.6. The van der Waals surface area contributed by atoms with Crippen molar-refractivity contribution >= 4 is 32.7 Å². The van der Waals surface area contributed by atoms with Gasteiger partial charge in [0, 0.05) is 27.6 Å². The Morgan fingerprint density at radius 2 is 1.97 bits per heavy atom. The number of nitrogens with zero attached hydrogens (tertiary/aromatic N) is 1. The molecule has 4 aromatic rings. The van der Waals surface area contributed by atoms with Crippen molar-refractivity contribution in [1.82, 2.24) is 9.97 Å². The van der Waals surface area contributed by atoms with Crippen LogP contribution in [0.3, 0.4) is 0 Å². The second kappa shape index (κ2) is 9.00. The molecule has 4 nitrogen and oxygen atoms in total. The molecule has 1 unspecified atom stereocenters. The first-order valence-corrected chi connectivity index (χ1v) is 12.0. The maximum Gasteiger partial charge on any atom is 0.143 e. The molecule has 0 aliphatic heterocycles. The minimum Gasteiger partial charge on any atom is -0.491 e. The average molecular weight is 421 g/mol. The van der Waals surface area contributed by atoms with E-state index in [-0.39, 0.29) is 0 Å². The highest BCUT2D eigenvalue weighted by Gasteiger charge is 2.16. The van der Waals surface area contributed by atoms with E-state index in [1.165, 1.54) is 6.42 Å². The first kappa shape index (κ1) is 20.6. The number of aromatic amines is 1. The summed E-state index contributed by atoms with van der Waals surface area (Å²) in [5, 5.41) is 2.19. The molecule has 4 rings (SSSR count). The van der Waals surface area contributed by atoms with E-state index in [1.54, 1.807) is 0 Å². The van der Waals surface area contributed by atoms with Crippen molar-refractivity contribution in [3.63, 3.8) is 0 Å². The molecule has 30 heavy (non-hydrogen) atoms. The first-order valence-electron chi connectivity index (χ1n) is 10.6. The van der Waals surface area contributed by atoms with Gasteiger partial charge < -0.3 is 9.72 Å². The normalized spacial score (nSPS) is 12.5. The van der Waals surface area contributed by atoms with E-state index in [2.05, 4.69) is 42.0 Å². The lowest BCUT2D eigenvalue weighted by Gasteiger charge is -2.11. The summed E-state index contributed by atoms with van der Waals surface area (Å²) in [5.41, 5.74) is 5.09. The van der Waals surface area contributed by atoms with Gasteiger partial charge in [-0.3, -0.25) is 4.21 Å². The third kappa shape index (κ3) is 3.99.